The molecule has 26 heavy (non-hydrogen) atoms. The van der Waals surface area contributed by atoms with Gasteiger partial charge in [0, 0.05) is 42.3 Å². The van der Waals surface area contributed by atoms with Crippen molar-refractivity contribution in [1.82, 2.24) is 0 Å². The lowest BCUT2D eigenvalue weighted by Crippen LogP contribution is -2.00. The van der Waals surface area contributed by atoms with Crippen molar-refractivity contribution in [2.75, 3.05) is 47.4 Å². The third-order valence-corrected chi connectivity index (χ3v) is 12.0. The maximum atomic E-state index is 4.28. The van der Waals surface area contributed by atoms with Gasteiger partial charge in [-0.25, -0.2) is 0 Å². The van der Waals surface area contributed by atoms with Gasteiger partial charge in [0.25, 0.3) is 0 Å². The normalized spacial score (nSPS) is 34.8. The smallest absolute Gasteiger partial charge is 0.177 e. The van der Waals surface area contributed by atoms with Crippen LogP contribution in [-0.2, 0) is 0 Å². The Labute approximate surface area is 180 Å². The molecule has 0 saturated carbocycles. The minimum Gasteiger partial charge on any atom is -0.279 e. The zero-order valence-electron chi connectivity index (χ0n) is 15.3. The van der Waals surface area contributed by atoms with E-state index < -0.39 is 0 Å². The quantitative estimate of drug-likeness (QED) is 0.536. The van der Waals surface area contributed by atoms with Crippen LogP contribution in [-0.4, -0.2) is 80.4 Å². The van der Waals surface area contributed by atoms with E-state index >= 15 is 0 Å². The van der Waals surface area contributed by atoms with Gasteiger partial charge in [0.05, 0.1) is 5.08 Å². The van der Waals surface area contributed by atoms with Gasteiger partial charge >= 0.3 is 0 Å². The van der Waals surface area contributed by atoms with E-state index in [1.54, 1.807) is 113 Å². The van der Waals surface area contributed by atoms with Crippen molar-refractivity contribution in [1.29, 1.82) is 0 Å². The van der Waals surface area contributed by atoms with E-state index in [1.807, 2.05) is 0 Å². The van der Waals surface area contributed by atoms with Gasteiger partial charge in [-0.05, 0) is 0 Å². The van der Waals surface area contributed by atoms with Crippen molar-refractivity contribution in [3.8, 4) is 0 Å². The number of thioether (sulfide) groups is 6. The van der Waals surface area contributed by atoms with Crippen LogP contribution in [0.15, 0.2) is 30.0 Å². The molecule has 12 heteroatoms. The topological polar surface area (TPSA) is 74.2 Å². The van der Waals surface area contributed by atoms with Crippen LogP contribution in [0.4, 0.5) is 0 Å². The molecule has 0 radical (unpaired) electrons. The van der Waals surface area contributed by atoms with Crippen LogP contribution in [0.1, 0.15) is 0 Å². The summed E-state index contributed by atoms with van der Waals surface area (Å²) in [7, 11) is 10.8. The predicted octanol–water partition coefficient (Wildman–Crippen LogP) is 4.15. The van der Waals surface area contributed by atoms with Gasteiger partial charge in [-0.2, -0.15) is 0 Å². The second-order valence-corrected chi connectivity index (χ2v) is 13.1. The Morgan fingerprint density at radius 3 is 1.00 bits per heavy atom. The molecule has 3 heterocycles. The number of rotatable bonds is 0. The van der Waals surface area contributed by atoms with E-state index in [2.05, 4.69) is 30.0 Å². The van der Waals surface area contributed by atoms with Gasteiger partial charge < -0.3 is 0 Å². The monoisotopic (exact) mass is 464 g/mol. The molecule has 0 N–H and O–H groups in total. The number of aliphatic imine (C=N–C) groups is 6. The van der Waals surface area contributed by atoms with Crippen molar-refractivity contribution < 1.29 is 0 Å². The summed E-state index contributed by atoms with van der Waals surface area (Å²) in [5.74, 6) is 0. The SMILES string of the molecule is CN=C1SC2(SC1=NC)SC(=NC)C(=NC)S2.CN=C1SCSC1=NC. The summed E-state index contributed by atoms with van der Waals surface area (Å²) in [5.41, 5.74) is 0. The highest BCUT2D eigenvalue weighted by Crippen LogP contribution is 2.65. The third-order valence-electron chi connectivity index (χ3n) is 3.05. The molecular weight excluding hydrogens is 445 g/mol. The lowest BCUT2D eigenvalue weighted by Gasteiger charge is -2.14. The Kier molecular flexibility index (Phi) is 9.14. The number of hydrogen-bond acceptors (Lipinski definition) is 12. The number of hydrogen-bond donors (Lipinski definition) is 0. The van der Waals surface area contributed by atoms with Gasteiger partial charge in [0.2, 0.25) is 0 Å². The van der Waals surface area contributed by atoms with Crippen LogP contribution in [0.3, 0.4) is 0 Å². The molecule has 0 atom stereocenters. The van der Waals surface area contributed by atoms with E-state index in [9.17, 15) is 0 Å². The third kappa shape index (κ3) is 5.13. The predicted molar refractivity (Wildman–Crippen MR) is 133 cm³/mol. The molecule has 3 aliphatic heterocycles. The van der Waals surface area contributed by atoms with Gasteiger partial charge in [-0.1, -0.05) is 70.6 Å². The standard InChI is InChI=1S/C9H12N4S4.C5H8N2S2/c1-10-5-6(11-2)15-9(14-5)16-7(12-3)8(13-4)17-9;1-6-4-5(7-2)9-3-8-4/h1-4H3;3H2,1-2H3. The molecule has 3 fully saturated rings. The summed E-state index contributed by atoms with van der Waals surface area (Å²) in [4.78, 5) is 25.3. The fourth-order valence-corrected chi connectivity index (χ4v) is 10.5. The van der Waals surface area contributed by atoms with Crippen molar-refractivity contribution >= 4 is 101 Å². The number of nitrogens with zero attached hydrogens (tertiary/aromatic N) is 6. The highest BCUT2D eigenvalue weighted by atomic mass is 32.3. The Morgan fingerprint density at radius 1 is 0.500 bits per heavy atom. The zero-order valence-corrected chi connectivity index (χ0v) is 20.2. The fraction of sp³-hybridized carbons (Fsp3) is 0.571. The van der Waals surface area contributed by atoms with Crippen LogP contribution in [0, 0.1) is 0 Å². The van der Waals surface area contributed by atoms with E-state index in [-0.39, 0.29) is 2.74 Å². The summed E-state index contributed by atoms with van der Waals surface area (Å²) in [6.45, 7) is 0. The molecule has 1 spiro atoms. The van der Waals surface area contributed by atoms with Crippen molar-refractivity contribution in [3.05, 3.63) is 0 Å². The Bertz CT molecular complexity index is 620. The van der Waals surface area contributed by atoms with Crippen LogP contribution in [0.5, 0.6) is 0 Å². The molecule has 0 aromatic rings. The molecule has 3 rings (SSSR count). The van der Waals surface area contributed by atoms with Gasteiger partial charge in [0.1, 0.15) is 30.3 Å². The summed E-state index contributed by atoms with van der Waals surface area (Å²) in [6, 6.07) is 0. The molecule has 0 amide bonds. The van der Waals surface area contributed by atoms with Crippen LogP contribution < -0.4 is 0 Å². The van der Waals surface area contributed by atoms with Gasteiger partial charge in [-0.3, -0.25) is 30.0 Å². The zero-order chi connectivity index (χ0) is 19.2. The van der Waals surface area contributed by atoms with E-state index in [0.717, 1.165) is 35.3 Å². The lowest BCUT2D eigenvalue weighted by molar-refractivity contribution is 1.45. The van der Waals surface area contributed by atoms with E-state index in [0.29, 0.717) is 0 Å². The Balaban J connectivity index is 0.000000228. The Hall–Kier alpha value is 0.120. The first-order valence-electron chi connectivity index (χ1n) is 7.39. The highest BCUT2D eigenvalue weighted by Gasteiger charge is 2.51. The van der Waals surface area contributed by atoms with Crippen LogP contribution in [0.25, 0.3) is 0 Å². The van der Waals surface area contributed by atoms with E-state index in [4.69, 9.17) is 0 Å². The molecule has 0 aromatic carbocycles. The minimum absolute atomic E-state index is 0.0760. The molecule has 6 nitrogen and oxygen atoms in total. The molecule has 0 aromatic heterocycles. The summed E-state index contributed by atoms with van der Waals surface area (Å²) in [6.07, 6.45) is 0. The highest BCUT2D eigenvalue weighted by molar-refractivity contribution is 8.66. The maximum Gasteiger partial charge on any atom is 0.177 e. The fourth-order valence-electron chi connectivity index (χ4n) is 1.92. The molecular formula is C14H20N6S6. The van der Waals surface area contributed by atoms with Gasteiger partial charge in [-0.15, -0.1) is 0 Å². The summed E-state index contributed by atoms with van der Waals surface area (Å²) < 4.78 is -0.0760. The summed E-state index contributed by atoms with van der Waals surface area (Å²) in [5, 5.41) is 7.26. The second kappa shape index (κ2) is 10.6. The molecule has 142 valence electrons. The molecule has 3 saturated heterocycles. The minimum atomic E-state index is -0.0760. The van der Waals surface area contributed by atoms with Crippen molar-refractivity contribution in [2.24, 2.45) is 30.0 Å². The van der Waals surface area contributed by atoms with Crippen LogP contribution in [0.2, 0.25) is 0 Å². The lowest BCUT2D eigenvalue weighted by atomic mass is 10.8. The Morgan fingerprint density at radius 2 is 0.769 bits per heavy atom. The second-order valence-electron chi connectivity index (χ2n) is 4.49. The largest absolute Gasteiger partial charge is 0.279 e. The molecule has 0 aliphatic carbocycles. The van der Waals surface area contributed by atoms with E-state index in [1.165, 1.54) is 0 Å². The maximum absolute atomic E-state index is 4.28. The van der Waals surface area contributed by atoms with Gasteiger partial charge in [0.15, 0.2) is 2.74 Å². The first-order valence-corrected chi connectivity index (χ1v) is 12.6. The molecule has 3 aliphatic rings. The summed E-state index contributed by atoms with van der Waals surface area (Å²) >= 11 is 10.5. The molecule has 0 unspecified atom stereocenters. The van der Waals surface area contributed by atoms with Crippen molar-refractivity contribution in [2.45, 2.75) is 2.74 Å². The average Bonchev–Trinajstić information content (AvgIpc) is 3.37. The average molecular weight is 465 g/mol. The first-order chi connectivity index (χ1) is 12.6. The first kappa shape index (κ1) is 22.4. The van der Waals surface area contributed by atoms with Crippen LogP contribution >= 0.6 is 70.6 Å². The molecule has 0 bridgehead atoms. The van der Waals surface area contributed by atoms with Crippen molar-refractivity contribution in [3.63, 3.8) is 0 Å².